The van der Waals surface area contributed by atoms with Crippen LogP contribution in [0.2, 0.25) is 0 Å². The molecule has 0 amide bonds. The number of hydrogen-bond donors (Lipinski definition) is 1. The number of phenolic OH excluding ortho intramolecular Hbond substituents is 1. The van der Waals surface area contributed by atoms with E-state index < -0.39 is 0 Å². The maximum absolute atomic E-state index is 10.3. The number of para-hydroxylation sites is 2. The average Bonchev–Trinajstić information content (AvgIpc) is 2.98. The van der Waals surface area contributed by atoms with Crippen LogP contribution < -0.4 is 4.74 Å². The van der Waals surface area contributed by atoms with Gasteiger partial charge in [0.25, 0.3) is 0 Å². The number of hydrogen-bond acceptors (Lipinski definition) is 8. The first-order valence-electron chi connectivity index (χ1n) is 11.7. The Morgan fingerprint density at radius 3 is 2.11 bits per heavy atom. The molecule has 2 aromatic carbocycles. The van der Waals surface area contributed by atoms with Crippen molar-refractivity contribution in [3.63, 3.8) is 0 Å². The minimum absolute atomic E-state index is 0. The molecule has 38 heavy (non-hydrogen) atoms. The van der Waals surface area contributed by atoms with Crippen LogP contribution in [0, 0.1) is 0 Å². The number of phenols is 1. The van der Waals surface area contributed by atoms with Crippen LogP contribution in [0.25, 0.3) is 0 Å². The van der Waals surface area contributed by atoms with Crippen molar-refractivity contribution in [2.24, 2.45) is 0 Å². The number of aromatic hydroxyl groups is 1. The van der Waals surface area contributed by atoms with Gasteiger partial charge in [-0.05, 0) is 61.7 Å². The third-order valence-electron chi connectivity index (χ3n) is 6.06. The molecule has 0 bridgehead atoms. The Labute approximate surface area is 239 Å². The van der Waals surface area contributed by atoms with E-state index in [9.17, 15) is 5.11 Å². The van der Waals surface area contributed by atoms with Crippen molar-refractivity contribution in [1.29, 1.82) is 0 Å². The number of aromatic nitrogens is 1. The third kappa shape index (κ3) is 11.0. The number of ether oxygens (including phenoxy) is 1. The zero-order chi connectivity index (χ0) is 27.5. The summed E-state index contributed by atoms with van der Waals surface area (Å²) in [7, 11) is 1.75. The minimum atomic E-state index is 0. The van der Waals surface area contributed by atoms with Crippen LogP contribution in [0.1, 0.15) is 35.6 Å². The summed E-state index contributed by atoms with van der Waals surface area (Å²) in [4.78, 5) is 32.6. The van der Waals surface area contributed by atoms with Gasteiger partial charge < -0.3 is 24.2 Å². The summed E-state index contributed by atoms with van der Waals surface area (Å²) >= 11 is 0. The zero-order valence-electron chi connectivity index (χ0n) is 21.5. The normalized spacial score (nSPS) is 12.8. The number of nitrogens with zero attached hydrogens (tertiary/aromatic N) is 3. The van der Waals surface area contributed by atoms with Gasteiger partial charge in [0, 0.05) is 45.3 Å². The molecule has 1 radical (unpaired) electrons. The Bertz CT molecular complexity index is 1020. The minimum Gasteiger partial charge on any atom is -0.545 e. The molecular formula is C29H34N3O5Re-3. The van der Waals surface area contributed by atoms with Crippen molar-refractivity contribution in [3.8, 4) is 11.5 Å². The van der Waals surface area contributed by atoms with E-state index in [1.54, 1.807) is 13.2 Å². The van der Waals surface area contributed by atoms with Crippen LogP contribution in [0.15, 0.2) is 72.9 Å². The summed E-state index contributed by atoms with van der Waals surface area (Å²) in [5, 5.41) is 10.3. The monoisotopic (exact) mass is 691 g/mol. The number of likely N-dealkylation sites (tertiary alicyclic amines) is 1. The molecule has 8 nitrogen and oxygen atoms in total. The summed E-state index contributed by atoms with van der Waals surface area (Å²) in [6.45, 7) is 14.1. The fourth-order valence-corrected chi connectivity index (χ4v) is 4.43. The molecular weight excluding hydrogens is 657 g/mol. The van der Waals surface area contributed by atoms with Crippen molar-refractivity contribution in [3.05, 3.63) is 89.7 Å². The summed E-state index contributed by atoms with van der Waals surface area (Å²) in [5.74, 6) is 1.88. The standard InChI is InChI=1S/C26H31N3O2.3CHO.Re/c1-31-26-12-5-3-10-24(26)21-13-16-28(17-14-21)20-29(19-23-9-6-7-15-27-23)18-22-8-2-4-11-25(22)30;3*1-2;/h2-12,15,21,30H,13-14,16-20H2,1H3;3*1H;/q;3*-1;. The van der Waals surface area contributed by atoms with Gasteiger partial charge in [-0.2, -0.15) is 0 Å². The molecule has 0 aliphatic carbocycles. The third-order valence-corrected chi connectivity index (χ3v) is 6.06. The molecule has 0 saturated carbocycles. The Hall–Kier alpha value is -3.22. The van der Waals surface area contributed by atoms with Crippen LogP contribution in [-0.4, -0.2) is 67.1 Å². The van der Waals surface area contributed by atoms with Crippen LogP contribution in [0.4, 0.5) is 0 Å². The first-order chi connectivity index (χ1) is 18.2. The second-order valence-corrected chi connectivity index (χ2v) is 8.21. The number of carbonyl (C=O) groups excluding carboxylic acids is 3. The summed E-state index contributed by atoms with van der Waals surface area (Å²) in [5.41, 5.74) is 3.31. The van der Waals surface area contributed by atoms with Crippen molar-refractivity contribution < 1.29 is 44.6 Å². The quantitative estimate of drug-likeness (QED) is 0.282. The SMILES string of the molecule is COc1ccccc1C1CCN(CN(Cc2ccccn2)Cc2ccccc2O)CC1.[CH-]=O.[CH-]=O.[CH-]=O.[Re]. The molecule has 3 aromatic rings. The van der Waals surface area contributed by atoms with E-state index in [-0.39, 0.29) is 20.4 Å². The molecule has 0 spiro atoms. The van der Waals surface area contributed by atoms with Crippen LogP contribution >= 0.6 is 0 Å². The second-order valence-electron chi connectivity index (χ2n) is 8.21. The fourth-order valence-electron chi connectivity index (χ4n) is 4.43. The van der Waals surface area contributed by atoms with Crippen LogP contribution in [0.5, 0.6) is 11.5 Å². The second kappa shape index (κ2) is 20.8. The summed E-state index contributed by atoms with van der Waals surface area (Å²) < 4.78 is 5.58. The first kappa shape index (κ1) is 34.8. The molecule has 4 rings (SSSR count). The Morgan fingerprint density at radius 2 is 1.50 bits per heavy atom. The molecule has 1 N–H and O–H groups in total. The van der Waals surface area contributed by atoms with Crippen molar-refractivity contribution in [1.82, 2.24) is 14.8 Å². The van der Waals surface area contributed by atoms with Gasteiger partial charge in [-0.3, -0.25) is 35.2 Å². The van der Waals surface area contributed by atoms with Crippen LogP contribution in [-0.2, 0) is 47.9 Å². The van der Waals surface area contributed by atoms with E-state index in [1.807, 2.05) is 42.6 Å². The topological polar surface area (TPSA) is 100 Å². The average molecular weight is 691 g/mol. The molecule has 1 saturated heterocycles. The summed E-state index contributed by atoms with van der Waals surface area (Å²) in [6, 6.07) is 22.0. The van der Waals surface area contributed by atoms with Gasteiger partial charge in [0.1, 0.15) is 11.5 Å². The van der Waals surface area contributed by atoms with Gasteiger partial charge in [0.15, 0.2) is 0 Å². The molecule has 9 heteroatoms. The maximum Gasteiger partial charge on any atom is 0.122 e. The smallest absolute Gasteiger partial charge is 0.122 e. The number of benzene rings is 2. The van der Waals surface area contributed by atoms with E-state index in [1.165, 1.54) is 5.56 Å². The number of pyridine rings is 1. The fraction of sp³-hybridized carbons (Fsp3) is 0.310. The molecule has 0 unspecified atom stereocenters. The van der Waals surface area contributed by atoms with Gasteiger partial charge in [-0.15, -0.1) is 0 Å². The molecule has 1 aromatic heterocycles. The number of piperidine rings is 1. The van der Waals surface area contributed by atoms with Gasteiger partial charge in [0.05, 0.1) is 19.5 Å². The van der Waals surface area contributed by atoms with E-state index in [2.05, 4.69) is 59.4 Å². The van der Waals surface area contributed by atoms with E-state index in [4.69, 9.17) is 19.1 Å². The summed E-state index contributed by atoms with van der Waals surface area (Å²) in [6.07, 6.45) is 4.08. The van der Waals surface area contributed by atoms with Crippen LogP contribution in [0.3, 0.4) is 0 Å². The number of rotatable bonds is 8. The van der Waals surface area contributed by atoms with Gasteiger partial charge in [-0.25, -0.2) is 0 Å². The van der Waals surface area contributed by atoms with E-state index in [0.29, 0.717) is 18.2 Å². The molecule has 205 valence electrons. The zero-order valence-corrected chi connectivity index (χ0v) is 24.2. The molecule has 1 fully saturated rings. The molecule has 2 heterocycles. The molecule has 1 aliphatic rings. The van der Waals surface area contributed by atoms with E-state index in [0.717, 1.165) is 56.2 Å². The predicted molar refractivity (Wildman–Crippen MR) is 143 cm³/mol. The molecule has 0 atom stereocenters. The number of methoxy groups -OCH3 is 1. The van der Waals surface area contributed by atoms with Gasteiger partial charge in [-0.1, -0.05) is 42.5 Å². The van der Waals surface area contributed by atoms with Gasteiger partial charge in [0.2, 0.25) is 0 Å². The van der Waals surface area contributed by atoms with Gasteiger partial charge >= 0.3 is 0 Å². The van der Waals surface area contributed by atoms with E-state index >= 15 is 0 Å². The van der Waals surface area contributed by atoms with Crippen molar-refractivity contribution in [2.75, 3.05) is 26.9 Å². The Morgan fingerprint density at radius 1 is 0.895 bits per heavy atom. The van der Waals surface area contributed by atoms with Crippen molar-refractivity contribution in [2.45, 2.75) is 31.8 Å². The first-order valence-corrected chi connectivity index (χ1v) is 11.7. The predicted octanol–water partition coefficient (Wildman–Crippen LogP) is 3.81. The molecule has 1 aliphatic heterocycles. The largest absolute Gasteiger partial charge is 0.545 e. The Balaban J connectivity index is 0.00000183. The van der Waals surface area contributed by atoms with Crippen molar-refractivity contribution >= 4 is 20.4 Å². The Kier molecular flexibility index (Phi) is 19.0. The maximum atomic E-state index is 10.3.